The number of fused-ring (bicyclic) bond motifs is 2. The van der Waals surface area contributed by atoms with Crippen LogP contribution in [0.2, 0.25) is 0 Å². The summed E-state index contributed by atoms with van der Waals surface area (Å²) < 4.78 is 38.4. The van der Waals surface area contributed by atoms with Crippen LogP contribution in [0.4, 0.5) is 24.9 Å². The molecule has 0 amide bonds. The third kappa shape index (κ3) is 2.53. The first-order valence-electron chi connectivity index (χ1n) is 7.63. The normalized spacial score (nSPS) is 23.2. The van der Waals surface area contributed by atoms with Crippen molar-refractivity contribution in [3.63, 3.8) is 0 Å². The van der Waals surface area contributed by atoms with Crippen LogP contribution in [0.1, 0.15) is 17.7 Å². The monoisotopic (exact) mass is 336 g/mol. The average Bonchev–Trinajstić information content (AvgIpc) is 2.56. The zero-order valence-electron chi connectivity index (χ0n) is 12.9. The number of alkyl halides is 3. The third-order valence-corrected chi connectivity index (χ3v) is 4.46. The number of halogens is 3. The maximum Gasteiger partial charge on any atom is 0.433 e. The smallest absolute Gasteiger partial charge is 0.352 e. The van der Waals surface area contributed by atoms with E-state index >= 15 is 0 Å². The van der Waals surface area contributed by atoms with Crippen LogP contribution in [0, 0.1) is 6.92 Å². The van der Waals surface area contributed by atoms with E-state index in [0.717, 1.165) is 24.4 Å². The number of hydrogen-bond acceptors (Lipinski definition) is 6. The van der Waals surface area contributed by atoms with Crippen LogP contribution in [0.25, 0.3) is 0 Å². The second-order valence-corrected chi connectivity index (χ2v) is 6.18. The molecule has 0 saturated carbocycles. The molecule has 0 N–H and O–H groups in total. The quantitative estimate of drug-likeness (QED) is 0.837. The van der Waals surface area contributed by atoms with Gasteiger partial charge in [0.15, 0.2) is 0 Å². The summed E-state index contributed by atoms with van der Waals surface area (Å²) in [6.07, 6.45) is 1.05. The van der Waals surface area contributed by atoms with Gasteiger partial charge in [-0.05, 0) is 18.9 Å². The first-order valence-corrected chi connectivity index (χ1v) is 7.63. The van der Waals surface area contributed by atoms with Crippen molar-refractivity contribution < 1.29 is 13.2 Å². The number of piperidine rings is 1. The number of nitrogens with zero attached hydrogens (tertiary/aromatic N) is 6. The van der Waals surface area contributed by atoms with E-state index in [1.54, 1.807) is 12.4 Å². The van der Waals surface area contributed by atoms with Crippen LogP contribution < -0.4 is 9.80 Å². The van der Waals surface area contributed by atoms with E-state index in [-0.39, 0.29) is 12.1 Å². The molecule has 5 rings (SSSR count). The number of rotatable bonds is 2. The lowest BCUT2D eigenvalue weighted by Gasteiger charge is -2.56. The minimum absolute atomic E-state index is 0.191. The molecule has 2 aromatic heterocycles. The predicted octanol–water partition coefficient (Wildman–Crippen LogP) is 2.06. The van der Waals surface area contributed by atoms with Crippen molar-refractivity contribution in [1.82, 2.24) is 19.9 Å². The van der Waals surface area contributed by atoms with E-state index in [1.807, 2.05) is 11.8 Å². The Bertz CT molecular complexity index is 736. The van der Waals surface area contributed by atoms with Crippen molar-refractivity contribution in [2.75, 3.05) is 22.9 Å². The first-order chi connectivity index (χ1) is 11.4. The fraction of sp³-hybridized carbons (Fsp3) is 0.467. The van der Waals surface area contributed by atoms with Gasteiger partial charge < -0.3 is 9.80 Å². The standard InChI is InChI=1S/C15H15F3N6/c1-9-4-19-14(20-5-9)24-10-2-11(24)7-23(6-10)13-3-12(15(16,17)18)21-8-22-13/h3-5,8,10-11H,2,6-7H2,1H3. The van der Waals surface area contributed by atoms with Gasteiger partial charge in [0, 0.05) is 31.5 Å². The summed E-state index contributed by atoms with van der Waals surface area (Å²) in [5, 5.41) is 0. The largest absolute Gasteiger partial charge is 0.433 e. The Hall–Kier alpha value is -2.45. The Morgan fingerprint density at radius 3 is 2.33 bits per heavy atom. The van der Waals surface area contributed by atoms with Crippen LogP contribution in [-0.4, -0.2) is 45.1 Å². The Labute approximate surface area is 136 Å². The van der Waals surface area contributed by atoms with Gasteiger partial charge in [-0.1, -0.05) is 0 Å². The van der Waals surface area contributed by atoms with Crippen molar-refractivity contribution in [3.8, 4) is 0 Å². The van der Waals surface area contributed by atoms with Gasteiger partial charge in [0.2, 0.25) is 5.95 Å². The molecular formula is C15H15F3N6. The number of piperazine rings is 1. The molecule has 2 unspecified atom stereocenters. The highest BCUT2D eigenvalue weighted by Gasteiger charge is 2.46. The fourth-order valence-corrected chi connectivity index (χ4v) is 3.32. The van der Waals surface area contributed by atoms with Gasteiger partial charge in [0.05, 0.1) is 12.1 Å². The maximum absolute atomic E-state index is 12.8. The first kappa shape index (κ1) is 15.1. The zero-order chi connectivity index (χ0) is 16.9. The third-order valence-electron chi connectivity index (χ3n) is 4.46. The van der Waals surface area contributed by atoms with Crippen LogP contribution >= 0.6 is 0 Å². The van der Waals surface area contributed by atoms with Gasteiger partial charge in [-0.25, -0.2) is 19.9 Å². The van der Waals surface area contributed by atoms with Crippen molar-refractivity contribution in [3.05, 3.63) is 36.0 Å². The molecule has 0 aliphatic carbocycles. The average molecular weight is 336 g/mol. The highest BCUT2D eigenvalue weighted by molar-refractivity contribution is 5.49. The lowest BCUT2D eigenvalue weighted by molar-refractivity contribution is -0.141. The number of aromatic nitrogens is 4. The van der Waals surface area contributed by atoms with E-state index < -0.39 is 11.9 Å². The van der Waals surface area contributed by atoms with E-state index in [1.165, 1.54) is 0 Å². The molecule has 3 saturated heterocycles. The van der Waals surface area contributed by atoms with Gasteiger partial charge in [-0.3, -0.25) is 0 Å². The molecule has 3 aliphatic rings. The van der Waals surface area contributed by atoms with Gasteiger partial charge >= 0.3 is 6.18 Å². The molecule has 0 radical (unpaired) electrons. The van der Waals surface area contributed by atoms with Gasteiger partial charge in [0.1, 0.15) is 17.8 Å². The predicted molar refractivity (Wildman–Crippen MR) is 80.7 cm³/mol. The van der Waals surface area contributed by atoms with Crippen LogP contribution in [0.3, 0.4) is 0 Å². The van der Waals surface area contributed by atoms with Crippen molar-refractivity contribution in [2.45, 2.75) is 31.6 Å². The molecule has 24 heavy (non-hydrogen) atoms. The Morgan fingerprint density at radius 2 is 1.71 bits per heavy atom. The molecule has 0 aromatic carbocycles. The topological polar surface area (TPSA) is 58.0 Å². The lowest BCUT2D eigenvalue weighted by Crippen LogP contribution is -2.69. The number of aryl methyl sites for hydroxylation is 1. The van der Waals surface area contributed by atoms with E-state index in [2.05, 4.69) is 24.8 Å². The Balaban J connectivity index is 1.52. The highest BCUT2D eigenvalue weighted by Crippen LogP contribution is 2.37. The summed E-state index contributed by atoms with van der Waals surface area (Å²) in [5.74, 6) is 0.997. The zero-order valence-corrected chi connectivity index (χ0v) is 12.9. The maximum atomic E-state index is 12.8. The Kier molecular flexibility index (Phi) is 3.33. The molecule has 0 spiro atoms. The molecule has 126 valence electrons. The summed E-state index contributed by atoms with van der Waals surface area (Å²) in [6, 6.07) is 1.39. The second-order valence-electron chi connectivity index (χ2n) is 6.18. The fourth-order valence-electron chi connectivity index (χ4n) is 3.32. The minimum atomic E-state index is -4.46. The lowest BCUT2D eigenvalue weighted by atomic mass is 9.88. The number of hydrogen-bond donors (Lipinski definition) is 0. The molecule has 6 nitrogen and oxygen atoms in total. The van der Waals surface area contributed by atoms with Crippen LogP contribution in [-0.2, 0) is 6.18 Å². The van der Waals surface area contributed by atoms with E-state index in [4.69, 9.17) is 0 Å². The molecule has 3 fully saturated rings. The number of anilines is 2. The minimum Gasteiger partial charge on any atom is -0.352 e. The summed E-state index contributed by atoms with van der Waals surface area (Å²) in [7, 11) is 0. The molecule has 2 atom stereocenters. The molecule has 2 aromatic rings. The molecule has 9 heteroatoms. The Morgan fingerprint density at radius 1 is 1.04 bits per heavy atom. The summed E-state index contributed by atoms with van der Waals surface area (Å²) in [6.45, 7) is 3.12. The summed E-state index contributed by atoms with van der Waals surface area (Å²) in [5.41, 5.74) is 0.0807. The highest BCUT2D eigenvalue weighted by atomic mass is 19.4. The van der Waals surface area contributed by atoms with Crippen molar-refractivity contribution in [2.24, 2.45) is 0 Å². The molecule has 5 heterocycles. The van der Waals surface area contributed by atoms with E-state index in [0.29, 0.717) is 24.9 Å². The molecule has 3 aliphatic heterocycles. The van der Waals surface area contributed by atoms with Crippen molar-refractivity contribution in [1.29, 1.82) is 0 Å². The van der Waals surface area contributed by atoms with Crippen LogP contribution in [0.15, 0.2) is 24.8 Å². The van der Waals surface area contributed by atoms with Gasteiger partial charge in [-0.2, -0.15) is 13.2 Å². The van der Waals surface area contributed by atoms with Gasteiger partial charge in [0.25, 0.3) is 0 Å². The molecular weight excluding hydrogens is 321 g/mol. The van der Waals surface area contributed by atoms with E-state index in [9.17, 15) is 13.2 Å². The van der Waals surface area contributed by atoms with Gasteiger partial charge in [-0.15, -0.1) is 0 Å². The summed E-state index contributed by atoms with van der Waals surface area (Å²) >= 11 is 0. The van der Waals surface area contributed by atoms with Crippen LogP contribution in [0.5, 0.6) is 0 Å². The van der Waals surface area contributed by atoms with Crippen molar-refractivity contribution >= 4 is 11.8 Å². The summed E-state index contributed by atoms with van der Waals surface area (Å²) in [4.78, 5) is 20.0. The SMILES string of the molecule is Cc1cnc(N2C3CC2CN(c2cc(C(F)(F)F)ncn2)C3)nc1. The molecule has 2 bridgehead atoms. The second kappa shape index (κ2) is 5.29.